The van der Waals surface area contributed by atoms with Gasteiger partial charge in [0, 0.05) is 44.8 Å². The fourth-order valence-corrected chi connectivity index (χ4v) is 3.25. The Morgan fingerprint density at radius 3 is 2.83 bits per heavy atom. The minimum absolute atomic E-state index is 0.177. The van der Waals surface area contributed by atoms with Crippen LogP contribution in [0.2, 0.25) is 0 Å². The molecule has 5 heteroatoms. The molecule has 1 heterocycles. The molecule has 1 aliphatic heterocycles. The fraction of sp³-hybridized carbons (Fsp3) is 0.632. The maximum Gasteiger partial charge on any atom is 0.219 e. The van der Waals surface area contributed by atoms with E-state index in [1.807, 2.05) is 17.9 Å². The lowest BCUT2D eigenvalue weighted by molar-refractivity contribution is -0.130. The van der Waals surface area contributed by atoms with Crippen molar-refractivity contribution in [2.24, 2.45) is 5.92 Å². The molecule has 1 saturated heterocycles. The van der Waals surface area contributed by atoms with E-state index in [1.165, 1.54) is 5.56 Å². The van der Waals surface area contributed by atoms with Crippen LogP contribution in [0.4, 0.5) is 0 Å². The summed E-state index contributed by atoms with van der Waals surface area (Å²) in [6.45, 7) is 9.61. The van der Waals surface area contributed by atoms with Gasteiger partial charge >= 0.3 is 0 Å². The predicted molar refractivity (Wildman–Crippen MR) is 95.0 cm³/mol. The molecule has 0 saturated carbocycles. The van der Waals surface area contributed by atoms with Gasteiger partial charge in [-0.15, -0.1) is 0 Å². The summed E-state index contributed by atoms with van der Waals surface area (Å²) in [5.74, 6) is 1.51. The smallest absolute Gasteiger partial charge is 0.219 e. The van der Waals surface area contributed by atoms with Crippen LogP contribution in [0.25, 0.3) is 0 Å². The molecule has 1 aliphatic rings. The zero-order valence-electron chi connectivity index (χ0n) is 15.3. The molecule has 1 aromatic rings. The summed E-state index contributed by atoms with van der Waals surface area (Å²) in [6, 6.07) is 6.69. The minimum Gasteiger partial charge on any atom is -0.496 e. The molecule has 0 spiro atoms. The Balaban J connectivity index is 1.93. The monoisotopic (exact) mass is 334 g/mol. The maximum absolute atomic E-state index is 11.5. The van der Waals surface area contributed by atoms with Crippen LogP contribution in [0.5, 0.6) is 5.75 Å². The SMILES string of the molecule is CCOCc1cc(CN[C@@H]2CCN(C(C)=O)C[C@H]2C)ccc1OC. The molecule has 1 fully saturated rings. The zero-order valence-corrected chi connectivity index (χ0v) is 15.3. The van der Waals surface area contributed by atoms with Crippen LogP contribution in [0, 0.1) is 5.92 Å². The second-order valence-electron chi connectivity index (χ2n) is 6.50. The largest absolute Gasteiger partial charge is 0.496 e. The summed E-state index contributed by atoms with van der Waals surface area (Å²) < 4.78 is 10.9. The first-order valence-corrected chi connectivity index (χ1v) is 8.77. The molecule has 1 amide bonds. The van der Waals surface area contributed by atoms with Crippen molar-refractivity contribution in [3.63, 3.8) is 0 Å². The van der Waals surface area contributed by atoms with Gasteiger partial charge < -0.3 is 19.7 Å². The topological polar surface area (TPSA) is 50.8 Å². The van der Waals surface area contributed by atoms with Gasteiger partial charge in [0.2, 0.25) is 5.91 Å². The number of nitrogens with one attached hydrogen (secondary N) is 1. The lowest BCUT2D eigenvalue weighted by Gasteiger charge is -2.37. The van der Waals surface area contributed by atoms with E-state index < -0.39 is 0 Å². The number of amides is 1. The van der Waals surface area contributed by atoms with Gasteiger partial charge in [-0.3, -0.25) is 4.79 Å². The number of hydrogen-bond acceptors (Lipinski definition) is 4. The van der Waals surface area contributed by atoms with Crippen molar-refractivity contribution in [2.75, 3.05) is 26.8 Å². The summed E-state index contributed by atoms with van der Waals surface area (Å²) in [5.41, 5.74) is 2.31. The third-order valence-electron chi connectivity index (χ3n) is 4.73. The third-order valence-corrected chi connectivity index (χ3v) is 4.73. The Bertz CT molecular complexity index is 547. The summed E-state index contributed by atoms with van der Waals surface area (Å²) in [5, 5.41) is 3.65. The lowest BCUT2D eigenvalue weighted by atomic mass is 9.93. The van der Waals surface area contributed by atoms with Gasteiger partial charge in [-0.25, -0.2) is 0 Å². The maximum atomic E-state index is 11.5. The minimum atomic E-state index is 0.177. The van der Waals surface area contributed by atoms with Crippen LogP contribution in [0.15, 0.2) is 18.2 Å². The Labute approximate surface area is 145 Å². The molecule has 0 bridgehead atoms. The molecular formula is C19H30N2O3. The van der Waals surface area contributed by atoms with Gasteiger partial charge in [0.1, 0.15) is 5.75 Å². The first-order valence-electron chi connectivity index (χ1n) is 8.77. The average Bonchev–Trinajstić information content (AvgIpc) is 2.58. The van der Waals surface area contributed by atoms with E-state index in [4.69, 9.17) is 9.47 Å². The fourth-order valence-electron chi connectivity index (χ4n) is 3.25. The van der Waals surface area contributed by atoms with Crippen LogP contribution in [0.1, 0.15) is 38.3 Å². The van der Waals surface area contributed by atoms with Gasteiger partial charge in [-0.1, -0.05) is 13.0 Å². The van der Waals surface area contributed by atoms with E-state index in [9.17, 15) is 4.79 Å². The van der Waals surface area contributed by atoms with Crippen molar-refractivity contribution in [3.8, 4) is 5.75 Å². The molecule has 0 radical (unpaired) electrons. The Hall–Kier alpha value is -1.59. The highest BCUT2D eigenvalue weighted by atomic mass is 16.5. The van der Waals surface area contributed by atoms with Crippen molar-refractivity contribution in [3.05, 3.63) is 29.3 Å². The number of carbonyl (C=O) groups is 1. The number of ether oxygens (including phenoxy) is 2. The third kappa shape index (κ3) is 4.95. The van der Waals surface area contributed by atoms with Crippen molar-refractivity contribution < 1.29 is 14.3 Å². The van der Waals surface area contributed by atoms with E-state index >= 15 is 0 Å². The number of likely N-dealkylation sites (tertiary alicyclic amines) is 1. The quantitative estimate of drug-likeness (QED) is 0.833. The van der Waals surface area contributed by atoms with Gasteiger partial charge in [0.25, 0.3) is 0 Å². The highest BCUT2D eigenvalue weighted by Gasteiger charge is 2.26. The molecule has 0 unspecified atom stereocenters. The highest BCUT2D eigenvalue weighted by molar-refractivity contribution is 5.73. The molecule has 0 aromatic heterocycles. The number of nitrogens with zero attached hydrogens (tertiary/aromatic N) is 1. The van der Waals surface area contributed by atoms with E-state index in [1.54, 1.807) is 14.0 Å². The van der Waals surface area contributed by atoms with E-state index in [0.29, 0.717) is 25.2 Å². The van der Waals surface area contributed by atoms with Crippen molar-refractivity contribution in [1.29, 1.82) is 0 Å². The van der Waals surface area contributed by atoms with E-state index in [-0.39, 0.29) is 5.91 Å². The van der Waals surface area contributed by atoms with Gasteiger partial charge in [0.15, 0.2) is 0 Å². The zero-order chi connectivity index (χ0) is 17.5. The second-order valence-corrected chi connectivity index (χ2v) is 6.50. The normalized spacial score (nSPS) is 20.9. The van der Waals surface area contributed by atoms with Crippen LogP contribution >= 0.6 is 0 Å². The Morgan fingerprint density at radius 2 is 2.21 bits per heavy atom. The summed E-state index contributed by atoms with van der Waals surface area (Å²) >= 11 is 0. The molecular weight excluding hydrogens is 304 g/mol. The molecule has 0 aliphatic carbocycles. The Morgan fingerprint density at radius 1 is 1.42 bits per heavy atom. The number of carbonyl (C=O) groups excluding carboxylic acids is 1. The van der Waals surface area contributed by atoms with Crippen molar-refractivity contribution in [2.45, 2.75) is 46.4 Å². The van der Waals surface area contributed by atoms with Crippen LogP contribution in [-0.2, 0) is 22.7 Å². The number of methoxy groups -OCH3 is 1. The van der Waals surface area contributed by atoms with Crippen LogP contribution in [-0.4, -0.2) is 43.7 Å². The standard InChI is InChI=1S/C19H30N2O3/c1-5-24-13-17-10-16(6-7-19(17)23-4)11-20-18-8-9-21(15(3)22)12-14(18)2/h6-7,10,14,18,20H,5,8-9,11-13H2,1-4H3/t14-,18-/m1/s1. The summed E-state index contributed by atoms with van der Waals surface area (Å²) in [6.07, 6.45) is 1.00. The van der Waals surface area contributed by atoms with E-state index in [2.05, 4.69) is 24.4 Å². The number of piperidine rings is 1. The Kier molecular flexibility index (Phi) is 7.06. The van der Waals surface area contributed by atoms with Crippen molar-refractivity contribution in [1.82, 2.24) is 10.2 Å². The van der Waals surface area contributed by atoms with Gasteiger partial charge in [0.05, 0.1) is 13.7 Å². The van der Waals surface area contributed by atoms with Gasteiger partial charge in [-0.2, -0.15) is 0 Å². The summed E-state index contributed by atoms with van der Waals surface area (Å²) in [4.78, 5) is 13.4. The van der Waals surface area contributed by atoms with E-state index in [0.717, 1.165) is 37.4 Å². The first-order chi connectivity index (χ1) is 11.5. The average molecular weight is 334 g/mol. The van der Waals surface area contributed by atoms with Gasteiger partial charge in [-0.05, 0) is 37.0 Å². The molecule has 5 nitrogen and oxygen atoms in total. The molecule has 24 heavy (non-hydrogen) atoms. The molecule has 2 atom stereocenters. The molecule has 1 aromatic carbocycles. The molecule has 134 valence electrons. The van der Waals surface area contributed by atoms with Crippen LogP contribution < -0.4 is 10.1 Å². The second kappa shape index (κ2) is 9.04. The first kappa shape index (κ1) is 18.7. The lowest BCUT2D eigenvalue weighted by Crippen LogP contribution is -2.49. The molecule has 1 N–H and O–H groups in total. The number of rotatable bonds is 7. The molecule has 2 rings (SSSR count). The van der Waals surface area contributed by atoms with Crippen molar-refractivity contribution >= 4 is 5.91 Å². The summed E-state index contributed by atoms with van der Waals surface area (Å²) in [7, 11) is 1.69. The predicted octanol–water partition coefficient (Wildman–Crippen LogP) is 2.58. The number of benzene rings is 1. The number of hydrogen-bond donors (Lipinski definition) is 1. The highest BCUT2D eigenvalue weighted by Crippen LogP contribution is 2.22. The van der Waals surface area contributed by atoms with Crippen LogP contribution in [0.3, 0.4) is 0 Å².